The summed E-state index contributed by atoms with van der Waals surface area (Å²) in [5.41, 5.74) is 0. The van der Waals surface area contributed by atoms with Gasteiger partial charge in [-0.15, -0.1) is 11.3 Å². The molecule has 0 aliphatic carbocycles. The zero-order chi connectivity index (χ0) is 12.5. The third-order valence-electron chi connectivity index (χ3n) is 3.04. The Balaban J connectivity index is 1.96. The lowest BCUT2D eigenvalue weighted by Crippen LogP contribution is -2.47. The number of halogens is 1. The van der Waals surface area contributed by atoms with Crippen molar-refractivity contribution in [3.05, 3.63) is 17.8 Å². The van der Waals surface area contributed by atoms with E-state index in [0.29, 0.717) is 0 Å². The van der Waals surface area contributed by atoms with Crippen LogP contribution in [-0.4, -0.2) is 40.6 Å². The van der Waals surface area contributed by atoms with E-state index in [-0.39, 0.29) is 12.2 Å². The number of aromatic nitrogens is 2. The molecule has 0 radical (unpaired) electrons. The van der Waals surface area contributed by atoms with Crippen LogP contribution < -0.4 is 4.90 Å². The number of nitrogens with zero attached hydrogens (tertiary/aromatic N) is 3. The molecule has 1 aliphatic rings. The molecule has 2 atom stereocenters. The topological polar surface area (TPSA) is 38.2 Å². The average molecular weight is 328 g/mol. The van der Waals surface area contributed by atoms with Gasteiger partial charge in [0.05, 0.1) is 17.6 Å². The number of alkyl halides is 1. The number of ether oxygens (including phenoxy) is 1. The molecule has 6 heteroatoms. The maximum absolute atomic E-state index is 5.85. The molecule has 2 aromatic rings. The maximum atomic E-state index is 5.85. The fourth-order valence-corrected chi connectivity index (χ4v) is 3.42. The van der Waals surface area contributed by atoms with E-state index in [1.54, 1.807) is 17.7 Å². The van der Waals surface area contributed by atoms with Crippen molar-refractivity contribution in [1.29, 1.82) is 0 Å². The molecule has 1 aliphatic heterocycles. The Kier molecular flexibility index (Phi) is 3.50. The number of hydrogen-bond donors (Lipinski definition) is 0. The van der Waals surface area contributed by atoms with Crippen LogP contribution in [0.25, 0.3) is 10.2 Å². The van der Waals surface area contributed by atoms with Crippen LogP contribution in [-0.2, 0) is 4.74 Å². The smallest absolute Gasteiger partial charge is 0.140 e. The molecule has 0 N–H and O–H groups in total. The minimum absolute atomic E-state index is 0.220. The monoisotopic (exact) mass is 327 g/mol. The quantitative estimate of drug-likeness (QED) is 0.795. The summed E-state index contributed by atoms with van der Waals surface area (Å²) in [5.74, 6) is 1.03. The van der Waals surface area contributed by atoms with Crippen LogP contribution in [0.2, 0.25) is 0 Å². The van der Waals surface area contributed by atoms with Crippen molar-refractivity contribution >= 4 is 43.3 Å². The van der Waals surface area contributed by atoms with Gasteiger partial charge in [0.1, 0.15) is 17.0 Å². The third-order valence-corrected chi connectivity index (χ3v) is 4.58. The number of morpholine rings is 1. The molecular weight excluding hydrogens is 314 g/mol. The minimum Gasteiger partial charge on any atom is -0.371 e. The highest BCUT2D eigenvalue weighted by atomic mass is 79.9. The summed E-state index contributed by atoms with van der Waals surface area (Å²) in [6.07, 6.45) is 2.10. The lowest BCUT2D eigenvalue weighted by atomic mass is 10.2. The van der Waals surface area contributed by atoms with Gasteiger partial charge in [-0.05, 0) is 18.4 Å². The second-order valence-electron chi connectivity index (χ2n) is 4.46. The first kappa shape index (κ1) is 12.3. The molecule has 0 amide bonds. The largest absolute Gasteiger partial charge is 0.371 e. The number of rotatable bonds is 2. The van der Waals surface area contributed by atoms with Crippen LogP contribution in [0.3, 0.4) is 0 Å². The maximum Gasteiger partial charge on any atom is 0.140 e. The molecule has 96 valence electrons. The first-order chi connectivity index (χ1) is 8.78. The first-order valence-electron chi connectivity index (χ1n) is 5.92. The third kappa shape index (κ3) is 2.24. The highest BCUT2D eigenvalue weighted by Gasteiger charge is 2.26. The standard InChI is InChI=1S/C12H14BrN3OS/c1-8-5-16(6-9(4-13)17-8)11-10-2-3-18-12(10)15-7-14-11/h2-3,7-9H,4-6H2,1H3. The Morgan fingerprint density at radius 3 is 3.22 bits per heavy atom. The van der Waals surface area contributed by atoms with Gasteiger partial charge in [-0.1, -0.05) is 15.9 Å². The number of thiophene rings is 1. The Labute approximate surface area is 118 Å². The van der Waals surface area contributed by atoms with Gasteiger partial charge >= 0.3 is 0 Å². The zero-order valence-electron chi connectivity index (χ0n) is 10.0. The van der Waals surface area contributed by atoms with Crippen molar-refractivity contribution < 1.29 is 4.74 Å². The van der Waals surface area contributed by atoms with Crippen LogP contribution in [0, 0.1) is 0 Å². The van der Waals surface area contributed by atoms with E-state index in [9.17, 15) is 0 Å². The molecule has 3 heterocycles. The van der Waals surface area contributed by atoms with Crippen LogP contribution in [0.5, 0.6) is 0 Å². The summed E-state index contributed by atoms with van der Waals surface area (Å²) in [6, 6.07) is 2.10. The summed E-state index contributed by atoms with van der Waals surface area (Å²) < 4.78 is 5.85. The van der Waals surface area contributed by atoms with E-state index in [1.807, 2.05) is 0 Å². The molecular formula is C12H14BrN3OS. The summed E-state index contributed by atoms with van der Waals surface area (Å²) >= 11 is 5.15. The Morgan fingerprint density at radius 2 is 2.39 bits per heavy atom. The number of hydrogen-bond acceptors (Lipinski definition) is 5. The van der Waals surface area contributed by atoms with E-state index < -0.39 is 0 Å². The van der Waals surface area contributed by atoms with Crippen molar-refractivity contribution in [2.24, 2.45) is 0 Å². The van der Waals surface area contributed by atoms with E-state index >= 15 is 0 Å². The van der Waals surface area contributed by atoms with Crippen LogP contribution in [0.1, 0.15) is 6.92 Å². The fourth-order valence-electron chi connectivity index (χ4n) is 2.33. The van der Waals surface area contributed by atoms with Crippen molar-refractivity contribution in [1.82, 2.24) is 9.97 Å². The molecule has 4 nitrogen and oxygen atoms in total. The van der Waals surface area contributed by atoms with Gasteiger partial charge in [-0.25, -0.2) is 9.97 Å². The van der Waals surface area contributed by atoms with Crippen molar-refractivity contribution in [2.75, 3.05) is 23.3 Å². The van der Waals surface area contributed by atoms with Gasteiger partial charge < -0.3 is 9.64 Å². The lowest BCUT2D eigenvalue weighted by molar-refractivity contribution is -0.00214. The predicted molar refractivity (Wildman–Crippen MR) is 77.8 cm³/mol. The second-order valence-corrected chi connectivity index (χ2v) is 6.01. The SMILES string of the molecule is CC1CN(c2ncnc3sccc23)CC(CBr)O1. The number of fused-ring (bicyclic) bond motifs is 1. The van der Waals surface area contributed by atoms with Crippen LogP contribution in [0.15, 0.2) is 17.8 Å². The van der Waals surface area contributed by atoms with Crippen molar-refractivity contribution in [2.45, 2.75) is 19.1 Å². The molecule has 1 fully saturated rings. The van der Waals surface area contributed by atoms with Crippen molar-refractivity contribution in [3.8, 4) is 0 Å². The van der Waals surface area contributed by atoms with Crippen LogP contribution in [0.4, 0.5) is 5.82 Å². The van der Waals surface area contributed by atoms with Gasteiger partial charge in [-0.2, -0.15) is 0 Å². The van der Waals surface area contributed by atoms with Gasteiger partial charge in [0.15, 0.2) is 0 Å². The average Bonchev–Trinajstić information content (AvgIpc) is 2.85. The zero-order valence-corrected chi connectivity index (χ0v) is 12.4. The molecule has 2 unspecified atom stereocenters. The van der Waals surface area contributed by atoms with E-state index in [4.69, 9.17) is 4.74 Å². The second kappa shape index (κ2) is 5.11. The summed E-state index contributed by atoms with van der Waals surface area (Å²) in [7, 11) is 0. The molecule has 1 saturated heterocycles. The lowest BCUT2D eigenvalue weighted by Gasteiger charge is -2.37. The highest BCUT2D eigenvalue weighted by molar-refractivity contribution is 9.09. The van der Waals surface area contributed by atoms with Crippen molar-refractivity contribution in [3.63, 3.8) is 0 Å². The molecule has 2 aromatic heterocycles. The fraction of sp³-hybridized carbons (Fsp3) is 0.500. The molecule has 3 rings (SSSR count). The molecule has 0 aromatic carbocycles. The van der Waals surface area contributed by atoms with E-state index in [0.717, 1.165) is 34.5 Å². The van der Waals surface area contributed by atoms with Gasteiger partial charge in [-0.3, -0.25) is 0 Å². The Hall–Kier alpha value is -0.720. The Bertz CT molecular complexity index is 547. The predicted octanol–water partition coefficient (Wildman–Crippen LogP) is 2.68. The van der Waals surface area contributed by atoms with Crippen LogP contribution >= 0.6 is 27.3 Å². The normalized spacial score (nSPS) is 24.7. The molecule has 18 heavy (non-hydrogen) atoms. The minimum atomic E-state index is 0.220. The number of anilines is 1. The summed E-state index contributed by atoms with van der Waals surface area (Å²) in [4.78, 5) is 12.1. The van der Waals surface area contributed by atoms with Gasteiger partial charge in [0.25, 0.3) is 0 Å². The Morgan fingerprint density at radius 1 is 1.50 bits per heavy atom. The first-order valence-corrected chi connectivity index (χ1v) is 7.92. The van der Waals surface area contributed by atoms with Gasteiger partial charge in [0.2, 0.25) is 0 Å². The summed E-state index contributed by atoms with van der Waals surface area (Å²) in [6.45, 7) is 3.86. The molecule has 0 spiro atoms. The van der Waals surface area contributed by atoms with E-state index in [1.165, 1.54) is 0 Å². The highest BCUT2D eigenvalue weighted by Crippen LogP contribution is 2.28. The molecule has 0 bridgehead atoms. The molecule has 0 saturated carbocycles. The van der Waals surface area contributed by atoms with E-state index in [2.05, 4.69) is 49.2 Å². The summed E-state index contributed by atoms with van der Waals surface area (Å²) in [5, 5.41) is 4.06. The van der Waals surface area contributed by atoms with Gasteiger partial charge in [0, 0.05) is 18.4 Å².